The summed E-state index contributed by atoms with van der Waals surface area (Å²) in [6, 6.07) is 0. The molecule has 3 aromatic rings. The Labute approximate surface area is 373 Å². The van der Waals surface area contributed by atoms with Gasteiger partial charge in [-0.3, -0.25) is 14.4 Å². The zero-order chi connectivity index (χ0) is 42.7. The number of carbonyl (C=O) groups excluding carboxylic acids is 3. The molecule has 3 aliphatic rings. The molecule has 0 unspecified atom stereocenters. The van der Waals surface area contributed by atoms with E-state index in [2.05, 4.69) is 68.4 Å². The van der Waals surface area contributed by atoms with Crippen molar-refractivity contribution in [3.63, 3.8) is 0 Å². The summed E-state index contributed by atoms with van der Waals surface area (Å²) in [6.45, 7) is 21.7. The minimum absolute atomic E-state index is 0. The minimum Gasteiger partial charge on any atom is -0.664 e. The van der Waals surface area contributed by atoms with Gasteiger partial charge in [-0.1, -0.05) is 124 Å². The number of hydrogen-bond donors (Lipinski definition) is 0. The van der Waals surface area contributed by atoms with E-state index in [-0.39, 0.29) is 59.7 Å². The molecule has 0 N–H and O–H groups in total. The number of aromatic nitrogens is 3. The van der Waals surface area contributed by atoms with E-state index in [9.17, 15) is 14.4 Å². The maximum atomic E-state index is 14.3. The summed E-state index contributed by atoms with van der Waals surface area (Å²) in [5, 5.41) is 6.92. The molecular formula is C50H64MgN4O5-2. The number of fused-ring (bicyclic) bond motifs is 7. The zero-order valence-corrected chi connectivity index (χ0v) is 39.4. The van der Waals surface area contributed by atoms with E-state index < -0.39 is 11.9 Å². The van der Waals surface area contributed by atoms with Crippen molar-refractivity contribution in [2.45, 2.75) is 133 Å². The van der Waals surface area contributed by atoms with Crippen molar-refractivity contribution in [3.05, 3.63) is 95.2 Å². The van der Waals surface area contributed by atoms with E-state index in [1.165, 1.54) is 38.4 Å². The number of Topliss-reactive ketones (excluding diaryl/α,β-unsaturated/α-hetero) is 1. The summed E-state index contributed by atoms with van der Waals surface area (Å²) in [6.07, 6.45) is 17.4. The first-order valence-electron chi connectivity index (χ1n) is 22.0. The van der Waals surface area contributed by atoms with Gasteiger partial charge in [0.2, 0.25) is 0 Å². The quantitative estimate of drug-likeness (QED) is 0.0610. The van der Waals surface area contributed by atoms with Crippen LogP contribution in [0.4, 0.5) is 0 Å². The number of allylic oxidation sites excluding steroid dienone is 3. The third-order valence-electron chi connectivity index (χ3n) is 13.1. The van der Waals surface area contributed by atoms with E-state index in [1.807, 2.05) is 25.2 Å². The van der Waals surface area contributed by atoms with Crippen molar-refractivity contribution in [2.75, 3.05) is 13.7 Å². The topological polar surface area (TPSA) is 126 Å². The number of ether oxygens (including phenoxy) is 2. The molecule has 0 radical (unpaired) electrons. The zero-order valence-electron chi connectivity index (χ0n) is 38.0. The number of rotatable bonds is 16. The average Bonchev–Trinajstić information content (AvgIpc) is 3.94. The van der Waals surface area contributed by atoms with Crippen LogP contribution in [0, 0.1) is 50.4 Å². The van der Waals surface area contributed by atoms with Gasteiger partial charge in [-0.25, -0.2) is 0 Å². The number of carbonyl (C=O) groups is 3. The Hall–Kier alpha value is -4.02. The molecule has 0 aromatic carbocycles. The Kier molecular flexibility index (Phi) is 15.9. The summed E-state index contributed by atoms with van der Waals surface area (Å²) >= 11 is 0. The first-order valence-corrected chi connectivity index (χ1v) is 22.0. The average molecular weight is 825 g/mol. The molecule has 8 bridgehead atoms. The van der Waals surface area contributed by atoms with Crippen LogP contribution in [0.5, 0.6) is 0 Å². The number of esters is 2. The molecule has 4 atom stereocenters. The number of methoxy groups -OCH3 is 1. The normalized spacial score (nSPS) is 22.0. The maximum absolute atomic E-state index is 14.3. The number of hydrogen-bond acceptors (Lipinski definition) is 5. The fraction of sp³-hybridized carbons (Fsp3) is 0.540. The monoisotopic (exact) mass is 824 g/mol. The van der Waals surface area contributed by atoms with Crippen LogP contribution < -0.4 is 25.7 Å². The van der Waals surface area contributed by atoms with Crippen molar-refractivity contribution in [2.24, 2.45) is 29.6 Å². The molecule has 6 rings (SSSR count). The van der Waals surface area contributed by atoms with E-state index in [1.54, 1.807) is 0 Å². The second-order valence-corrected chi connectivity index (χ2v) is 17.6. The van der Waals surface area contributed by atoms with Gasteiger partial charge in [-0.05, 0) is 89.5 Å². The molecule has 9 nitrogen and oxygen atoms in total. The van der Waals surface area contributed by atoms with Crippen molar-refractivity contribution >= 4 is 64.6 Å². The van der Waals surface area contributed by atoms with Crippen molar-refractivity contribution in [3.8, 4) is 0 Å². The number of nitrogens with zero attached hydrogens (tertiary/aromatic N) is 4. The molecule has 0 saturated carbocycles. The second kappa shape index (κ2) is 20.2. The van der Waals surface area contributed by atoms with Gasteiger partial charge in [0.1, 0.15) is 12.5 Å². The Balaban J connectivity index is 0.00000683. The smallest absolute Gasteiger partial charge is 0.664 e. The molecule has 2 aliphatic heterocycles. The van der Waals surface area contributed by atoms with Crippen molar-refractivity contribution in [1.29, 1.82) is 0 Å². The van der Waals surface area contributed by atoms with Gasteiger partial charge < -0.3 is 29.7 Å². The first kappa shape index (κ1) is 47.0. The fourth-order valence-corrected chi connectivity index (χ4v) is 9.34. The Morgan fingerprint density at radius 2 is 1.52 bits per heavy atom. The third kappa shape index (κ3) is 9.70. The van der Waals surface area contributed by atoms with Gasteiger partial charge in [0.25, 0.3) is 0 Å². The SMILES string of the molecule is CCc1c2[n-]c(c1C)/C=C1\[N-]/C(=C3\c4[n-]c(c(C)c4C(=O)[C@@H]3C(=O)OC)/C=c3\[n-]/c(c(C)c3CC)=C\2)[C@@H](CCC(=O)OC/C=C(\C)CCC[C@H](C)CCCC(C)C)[C@@H]1C.[Mg+2]. The fourth-order valence-electron chi connectivity index (χ4n) is 9.34. The maximum Gasteiger partial charge on any atom is 2.00 e. The second-order valence-electron chi connectivity index (χ2n) is 17.6. The molecular weight excluding hydrogens is 761 g/mol. The van der Waals surface area contributed by atoms with Crippen LogP contribution in [0.25, 0.3) is 29.1 Å². The van der Waals surface area contributed by atoms with Crippen LogP contribution in [0.2, 0.25) is 0 Å². The summed E-state index contributed by atoms with van der Waals surface area (Å²) in [7, 11) is 1.30. The van der Waals surface area contributed by atoms with Gasteiger partial charge in [0.05, 0.1) is 7.11 Å². The van der Waals surface area contributed by atoms with Gasteiger partial charge >= 0.3 is 35.0 Å². The van der Waals surface area contributed by atoms with E-state index >= 15 is 0 Å². The largest absolute Gasteiger partial charge is 2.00 e. The van der Waals surface area contributed by atoms with Crippen LogP contribution in [0.3, 0.4) is 0 Å². The van der Waals surface area contributed by atoms with Gasteiger partial charge in [-0.15, -0.1) is 33.5 Å². The van der Waals surface area contributed by atoms with Crippen molar-refractivity contribution in [1.82, 2.24) is 15.0 Å². The van der Waals surface area contributed by atoms with Crippen LogP contribution in [0.1, 0.15) is 161 Å². The van der Waals surface area contributed by atoms with E-state index in [0.29, 0.717) is 40.2 Å². The molecule has 0 amide bonds. The Morgan fingerprint density at radius 3 is 2.20 bits per heavy atom. The van der Waals surface area contributed by atoms with Crippen LogP contribution in [-0.2, 0) is 31.9 Å². The van der Waals surface area contributed by atoms with E-state index in [4.69, 9.17) is 29.7 Å². The summed E-state index contributed by atoms with van der Waals surface area (Å²) < 4.78 is 11.0. The predicted molar refractivity (Wildman–Crippen MR) is 241 cm³/mol. The molecule has 10 heteroatoms. The Morgan fingerprint density at radius 1 is 0.833 bits per heavy atom. The van der Waals surface area contributed by atoms with Gasteiger partial charge in [0.15, 0.2) is 5.78 Å². The molecule has 318 valence electrons. The van der Waals surface area contributed by atoms with Crippen molar-refractivity contribution < 1.29 is 23.9 Å². The van der Waals surface area contributed by atoms with Crippen LogP contribution in [-0.4, -0.2) is 54.5 Å². The van der Waals surface area contributed by atoms with Gasteiger partial charge in [0, 0.05) is 12.0 Å². The molecule has 0 spiro atoms. The third-order valence-corrected chi connectivity index (χ3v) is 13.1. The van der Waals surface area contributed by atoms with Crippen LogP contribution in [0.15, 0.2) is 23.0 Å². The van der Waals surface area contributed by atoms with Gasteiger partial charge in [-0.2, -0.15) is 11.4 Å². The van der Waals surface area contributed by atoms with E-state index in [0.717, 1.165) is 87.6 Å². The molecule has 3 aromatic heterocycles. The van der Waals surface area contributed by atoms with Crippen LogP contribution >= 0.6 is 0 Å². The minimum atomic E-state index is -1.20. The predicted octanol–water partition coefficient (Wildman–Crippen LogP) is 8.48. The molecule has 1 saturated heterocycles. The standard InChI is InChI=1S/C50H65N4O5.Mg/c1-12-34-30(7)37-24-39-32(9)36(20-21-43(55)59-23-22-29(6)19-15-18-28(5)17-14-16-27(3)4)47(53-39)45-46(50(57)58-11)49(56)44-33(10)40(54-48(44)45)26-42-35(13-2)31(8)38(52-42)25-41(34)51-37;/h22,24-28,32,36,46H,12-21,23H2,1-11H3,(H-,53,54,56);/q-3;+2/p-1/b29-22+,38-25-,39-24-,42-26-;/t28-,32+,36+,46-;/m1./s1. The Bertz CT molecular complexity index is 2310. The number of ketones is 1. The first-order chi connectivity index (χ1) is 28.2. The summed E-state index contributed by atoms with van der Waals surface area (Å²) in [5.41, 5.74) is 11.4. The molecule has 60 heavy (non-hydrogen) atoms. The summed E-state index contributed by atoms with van der Waals surface area (Å²) in [4.78, 5) is 56.5. The molecule has 5 heterocycles. The molecule has 1 fully saturated rings. The summed E-state index contributed by atoms with van der Waals surface area (Å²) in [5.74, 6) is -1.46. The molecule has 1 aliphatic carbocycles.